The third-order valence-corrected chi connectivity index (χ3v) is 3.38. The van der Waals surface area contributed by atoms with Crippen LogP contribution in [-0.4, -0.2) is 32.7 Å². The summed E-state index contributed by atoms with van der Waals surface area (Å²) < 4.78 is 1.45. The fraction of sp³-hybridized carbons (Fsp3) is 0.615. The third kappa shape index (κ3) is 3.16. The molecule has 0 fully saturated rings. The largest absolute Gasteiger partial charge is 0.369 e. The Kier molecular flexibility index (Phi) is 4.08. The molecule has 0 saturated carbocycles. The summed E-state index contributed by atoms with van der Waals surface area (Å²) in [5, 5.41) is 9.70. The molecule has 0 aliphatic carbocycles. The van der Waals surface area contributed by atoms with Gasteiger partial charge in [0.05, 0.1) is 0 Å². The smallest absolute Gasteiger partial charge is 0.349 e. The summed E-state index contributed by atoms with van der Waals surface area (Å²) in [5.41, 5.74) is 6.01. The van der Waals surface area contributed by atoms with E-state index in [1.165, 1.54) is 4.40 Å². The second-order valence-corrected chi connectivity index (χ2v) is 5.82. The number of aryl methyl sites for hydroxylation is 1. The SMILES string of the molecule is Cc1nc(NCC(C)(C)CCCN)cc2n[nH]c(=O)n12. The van der Waals surface area contributed by atoms with E-state index >= 15 is 0 Å². The molecule has 0 atom stereocenters. The summed E-state index contributed by atoms with van der Waals surface area (Å²) in [6.45, 7) is 7.68. The number of aromatic amines is 1. The Morgan fingerprint density at radius 1 is 1.50 bits per heavy atom. The molecule has 0 aromatic carbocycles. The molecule has 7 nitrogen and oxygen atoms in total. The Labute approximate surface area is 117 Å². The Morgan fingerprint density at radius 3 is 2.95 bits per heavy atom. The molecule has 0 spiro atoms. The third-order valence-electron chi connectivity index (χ3n) is 3.38. The average Bonchev–Trinajstić information content (AvgIpc) is 2.76. The minimum absolute atomic E-state index is 0.145. The molecule has 0 aliphatic heterocycles. The summed E-state index contributed by atoms with van der Waals surface area (Å²) in [6, 6.07) is 1.77. The van der Waals surface area contributed by atoms with Gasteiger partial charge >= 0.3 is 5.69 Å². The second kappa shape index (κ2) is 5.62. The van der Waals surface area contributed by atoms with Gasteiger partial charge in [-0.3, -0.25) is 0 Å². The molecule has 0 saturated heterocycles. The standard InChI is InChI=1S/C13H22N6O/c1-9-16-10(7-11-17-18-12(20)19(9)11)15-8-13(2,3)5-4-6-14/h7,15H,4-6,8,14H2,1-3H3,(H,18,20). The number of fused-ring (bicyclic) bond motifs is 1. The zero-order chi connectivity index (χ0) is 14.8. The molecule has 2 heterocycles. The van der Waals surface area contributed by atoms with Crippen LogP contribution < -0.4 is 16.7 Å². The first-order valence-electron chi connectivity index (χ1n) is 6.82. The number of rotatable bonds is 6. The molecule has 2 aromatic heterocycles. The predicted molar refractivity (Wildman–Crippen MR) is 78.9 cm³/mol. The van der Waals surface area contributed by atoms with Crippen molar-refractivity contribution in [1.82, 2.24) is 19.6 Å². The van der Waals surface area contributed by atoms with E-state index in [-0.39, 0.29) is 11.1 Å². The summed E-state index contributed by atoms with van der Waals surface area (Å²) in [4.78, 5) is 15.9. The van der Waals surface area contributed by atoms with Crippen LogP contribution in [0, 0.1) is 12.3 Å². The highest BCUT2D eigenvalue weighted by Crippen LogP contribution is 2.22. The number of nitrogens with one attached hydrogen (secondary N) is 2. The number of aromatic nitrogens is 4. The van der Waals surface area contributed by atoms with Crippen molar-refractivity contribution in [3.8, 4) is 0 Å². The maximum atomic E-state index is 11.5. The van der Waals surface area contributed by atoms with E-state index in [9.17, 15) is 4.79 Å². The number of nitrogens with zero attached hydrogens (tertiary/aromatic N) is 3. The van der Waals surface area contributed by atoms with E-state index in [1.807, 2.05) is 0 Å². The van der Waals surface area contributed by atoms with Gasteiger partial charge in [-0.05, 0) is 31.7 Å². The van der Waals surface area contributed by atoms with Gasteiger partial charge < -0.3 is 11.1 Å². The van der Waals surface area contributed by atoms with Gasteiger partial charge in [0, 0.05) is 12.6 Å². The molecule has 2 aromatic rings. The van der Waals surface area contributed by atoms with Crippen LogP contribution in [0.25, 0.3) is 5.65 Å². The molecular weight excluding hydrogens is 256 g/mol. The maximum absolute atomic E-state index is 11.5. The zero-order valence-corrected chi connectivity index (χ0v) is 12.2. The molecule has 0 amide bonds. The molecule has 110 valence electrons. The Hall–Kier alpha value is -1.89. The van der Waals surface area contributed by atoms with Crippen LogP contribution in [0.3, 0.4) is 0 Å². The fourth-order valence-corrected chi connectivity index (χ4v) is 2.19. The first kappa shape index (κ1) is 14.5. The highest BCUT2D eigenvalue weighted by atomic mass is 16.1. The van der Waals surface area contributed by atoms with E-state index in [0.717, 1.165) is 25.2 Å². The predicted octanol–water partition coefficient (Wildman–Crippen LogP) is 0.903. The number of hydrogen-bond acceptors (Lipinski definition) is 5. The summed E-state index contributed by atoms with van der Waals surface area (Å²) >= 11 is 0. The maximum Gasteiger partial charge on any atom is 0.349 e. The summed E-state index contributed by atoms with van der Waals surface area (Å²) in [5.74, 6) is 1.35. The fourth-order valence-electron chi connectivity index (χ4n) is 2.19. The van der Waals surface area contributed by atoms with E-state index in [1.54, 1.807) is 13.0 Å². The Bertz CT molecular complexity index is 642. The van der Waals surface area contributed by atoms with Gasteiger partial charge in [-0.1, -0.05) is 13.8 Å². The monoisotopic (exact) mass is 278 g/mol. The van der Waals surface area contributed by atoms with Gasteiger partial charge in [0.1, 0.15) is 11.6 Å². The number of anilines is 1. The lowest BCUT2D eigenvalue weighted by Crippen LogP contribution is -2.25. The minimum Gasteiger partial charge on any atom is -0.369 e. The van der Waals surface area contributed by atoms with Gasteiger partial charge in [-0.15, -0.1) is 0 Å². The molecule has 2 rings (SSSR count). The lowest BCUT2D eigenvalue weighted by molar-refractivity contribution is 0.350. The van der Waals surface area contributed by atoms with Gasteiger partial charge in [-0.2, -0.15) is 5.10 Å². The van der Waals surface area contributed by atoms with Gasteiger partial charge in [0.15, 0.2) is 5.65 Å². The molecule has 7 heteroatoms. The van der Waals surface area contributed by atoms with Crippen LogP contribution in [0.1, 0.15) is 32.5 Å². The molecule has 0 radical (unpaired) electrons. The van der Waals surface area contributed by atoms with Crippen molar-refractivity contribution in [3.63, 3.8) is 0 Å². The number of hydrogen-bond donors (Lipinski definition) is 3. The summed E-state index contributed by atoms with van der Waals surface area (Å²) in [7, 11) is 0. The highest BCUT2D eigenvalue weighted by Gasteiger charge is 2.17. The Morgan fingerprint density at radius 2 is 2.25 bits per heavy atom. The van der Waals surface area contributed by atoms with Crippen molar-refractivity contribution in [2.75, 3.05) is 18.4 Å². The van der Waals surface area contributed by atoms with E-state index < -0.39 is 0 Å². The Balaban J connectivity index is 2.12. The van der Waals surface area contributed by atoms with Crippen molar-refractivity contribution in [2.24, 2.45) is 11.1 Å². The summed E-state index contributed by atoms with van der Waals surface area (Å²) in [6.07, 6.45) is 2.06. The van der Waals surface area contributed by atoms with Gasteiger partial charge in [0.25, 0.3) is 0 Å². The first-order valence-corrected chi connectivity index (χ1v) is 6.82. The lowest BCUT2D eigenvalue weighted by atomic mass is 9.88. The van der Waals surface area contributed by atoms with Crippen molar-refractivity contribution in [3.05, 3.63) is 22.4 Å². The molecule has 0 unspecified atom stereocenters. The highest BCUT2D eigenvalue weighted by molar-refractivity contribution is 5.49. The van der Waals surface area contributed by atoms with Gasteiger partial charge in [0.2, 0.25) is 0 Å². The molecule has 0 aliphatic rings. The van der Waals surface area contributed by atoms with E-state index in [2.05, 4.69) is 34.3 Å². The zero-order valence-electron chi connectivity index (χ0n) is 12.2. The minimum atomic E-state index is -0.264. The molecule has 0 bridgehead atoms. The van der Waals surface area contributed by atoms with Crippen LogP contribution in [0.2, 0.25) is 0 Å². The normalized spacial score (nSPS) is 12.0. The van der Waals surface area contributed by atoms with Crippen molar-refractivity contribution in [1.29, 1.82) is 0 Å². The molecule has 4 N–H and O–H groups in total. The average molecular weight is 278 g/mol. The second-order valence-electron chi connectivity index (χ2n) is 5.82. The lowest BCUT2D eigenvalue weighted by Gasteiger charge is -2.25. The van der Waals surface area contributed by atoms with Crippen molar-refractivity contribution < 1.29 is 0 Å². The van der Waals surface area contributed by atoms with Crippen LogP contribution in [0.5, 0.6) is 0 Å². The van der Waals surface area contributed by atoms with E-state index in [0.29, 0.717) is 18.0 Å². The number of nitrogens with two attached hydrogens (primary N) is 1. The first-order chi connectivity index (χ1) is 9.43. The van der Waals surface area contributed by atoms with E-state index in [4.69, 9.17) is 5.73 Å². The molecule has 20 heavy (non-hydrogen) atoms. The van der Waals surface area contributed by atoms with Crippen molar-refractivity contribution in [2.45, 2.75) is 33.6 Å². The topological polar surface area (TPSA) is 101 Å². The quantitative estimate of drug-likeness (QED) is 0.729. The van der Waals surface area contributed by atoms with Crippen LogP contribution in [-0.2, 0) is 0 Å². The molecular formula is C13H22N6O. The number of H-pyrrole nitrogens is 1. The van der Waals surface area contributed by atoms with Crippen molar-refractivity contribution >= 4 is 11.5 Å². The van der Waals surface area contributed by atoms with Crippen LogP contribution in [0.4, 0.5) is 5.82 Å². The van der Waals surface area contributed by atoms with Crippen LogP contribution >= 0.6 is 0 Å². The van der Waals surface area contributed by atoms with Crippen LogP contribution in [0.15, 0.2) is 10.9 Å². The van der Waals surface area contributed by atoms with Gasteiger partial charge in [-0.25, -0.2) is 19.3 Å².